The first-order valence-corrected chi connectivity index (χ1v) is 10.6. The van der Waals surface area contributed by atoms with Gasteiger partial charge in [-0.05, 0) is 42.4 Å². The van der Waals surface area contributed by atoms with E-state index in [0.717, 1.165) is 27.8 Å². The fourth-order valence-corrected chi connectivity index (χ4v) is 4.14. The number of aryl methyl sites for hydroxylation is 1. The number of nitrogens with zero attached hydrogens (tertiary/aromatic N) is 2. The van der Waals surface area contributed by atoms with Crippen molar-refractivity contribution < 1.29 is 23.5 Å². The quantitative estimate of drug-likeness (QED) is 0.664. The second-order valence-electron chi connectivity index (χ2n) is 6.93. The molecule has 0 unspecified atom stereocenters. The molecule has 0 saturated carbocycles. The van der Waals surface area contributed by atoms with E-state index in [1.165, 1.54) is 6.08 Å². The lowest BCUT2D eigenvalue weighted by Crippen LogP contribution is -2.46. The predicted molar refractivity (Wildman–Crippen MR) is 114 cm³/mol. The van der Waals surface area contributed by atoms with Crippen LogP contribution in [0.3, 0.4) is 0 Å². The number of imide groups is 1. The highest BCUT2D eigenvalue weighted by Gasteiger charge is 2.37. The van der Waals surface area contributed by atoms with Gasteiger partial charge in [0.05, 0.1) is 18.1 Å². The molecule has 1 aromatic carbocycles. The second-order valence-corrected chi connectivity index (χ2v) is 8.33. The Labute approximate surface area is 182 Å². The normalized spacial score (nSPS) is 18.5. The van der Waals surface area contributed by atoms with Crippen molar-refractivity contribution in [2.24, 2.45) is 0 Å². The van der Waals surface area contributed by atoms with Crippen LogP contribution in [-0.4, -0.2) is 59.7 Å². The third kappa shape index (κ3) is 4.30. The van der Waals surface area contributed by atoms with Crippen molar-refractivity contribution in [1.82, 2.24) is 9.80 Å². The lowest BCUT2D eigenvalue weighted by atomic mass is 10.1. The van der Waals surface area contributed by atoms with Crippen LogP contribution in [0, 0.1) is 6.92 Å². The zero-order valence-electron chi connectivity index (χ0n) is 16.2. The molecule has 1 aromatic heterocycles. The number of carbonyl (C=O) groups is 3. The van der Waals surface area contributed by atoms with Gasteiger partial charge in [0.15, 0.2) is 0 Å². The maximum atomic E-state index is 12.7. The summed E-state index contributed by atoms with van der Waals surface area (Å²) in [6.07, 6.45) is 1.52. The monoisotopic (exact) mass is 446 g/mol. The Hall–Kier alpha value is -2.55. The van der Waals surface area contributed by atoms with Crippen LogP contribution in [0.15, 0.2) is 39.7 Å². The molecule has 4 rings (SSSR count). The summed E-state index contributed by atoms with van der Waals surface area (Å²) in [6, 6.07) is 9.10. The van der Waals surface area contributed by atoms with Crippen LogP contribution in [0.1, 0.15) is 11.3 Å². The average molecular weight is 447 g/mol. The molecule has 2 aromatic rings. The third-order valence-electron chi connectivity index (χ3n) is 4.89. The topological polar surface area (TPSA) is 80.1 Å². The first-order valence-electron chi connectivity index (χ1n) is 9.39. The van der Waals surface area contributed by atoms with Crippen molar-refractivity contribution in [2.45, 2.75) is 6.92 Å². The van der Waals surface area contributed by atoms with Crippen LogP contribution < -0.4 is 0 Å². The number of hydrogen-bond donors (Lipinski definition) is 0. The van der Waals surface area contributed by atoms with Crippen LogP contribution in [0.4, 0.5) is 4.79 Å². The van der Waals surface area contributed by atoms with E-state index in [0.29, 0.717) is 42.8 Å². The lowest BCUT2D eigenvalue weighted by Gasteiger charge is -2.27. The molecule has 9 heteroatoms. The summed E-state index contributed by atoms with van der Waals surface area (Å²) in [5, 5.41) is 0.168. The smallest absolute Gasteiger partial charge is 0.294 e. The van der Waals surface area contributed by atoms with Crippen LogP contribution >= 0.6 is 23.4 Å². The predicted octanol–water partition coefficient (Wildman–Crippen LogP) is 3.80. The van der Waals surface area contributed by atoms with Gasteiger partial charge in [-0.2, -0.15) is 0 Å². The summed E-state index contributed by atoms with van der Waals surface area (Å²) < 4.78 is 11.0. The van der Waals surface area contributed by atoms with Crippen LogP contribution in [0.5, 0.6) is 0 Å². The van der Waals surface area contributed by atoms with Gasteiger partial charge < -0.3 is 14.1 Å². The van der Waals surface area contributed by atoms with E-state index in [1.54, 1.807) is 17.0 Å². The largest absolute Gasteiger partial charge is 0.457 e. The maximum Gasteiger partial charge on any atom is 0.294 e. The Balaban J connectivity index is 1.47. The zero-order valence-corrected chi connectivity index (χ0v) is 17.8. The minimum atomic E-state index is -0.497. The van der Waals surface area contributed by atoms with Crippen molar-refractivity contribution >= 4 is 46.5 Å². The van der Waals surface area contributed by atoms with E-state index >= 15 is 0 Å². The van der Waals surface area contributed by atoms with Gasteiger partial charge in [0, 0.05) is 29.8 Å². The van der Waals surface area contributed by atoms with Gasteiger partial charge in [0.1, 0.15) is 18.1 Å². The summed E-state index contributed by atoms with van der Waals surface area (Å²) >= 11 is 6.97. The molecule has 2 fully saturated rings. The Morgan fingerprint density at radius 3 is 2.70 bits per heavy atom. The van der Waals surface area contributed by atoms with Gasteiger partial charge >= 0.3 is 0 Å². The van der Waals surface area contributed by atoms with Crippen molar-refractivity contribution in [2.75, 3.05) is 32.8 Å². The Morgan fingerprint density at radius 2 is 1.97 bits per heavy atom. The number of benzene rings is 1. The average Bonchev–Trinajstić information content (AvgIpc) is 3.31. The summed E-state index contributed by atoms with van der Waals surface area (Å²) in [5.41, 5.74) is 1.78. The van der Waals surface area contributed by atoms with Crippen LogP contribution in [-0.2, 0) is 14.3 Å². The molecule has 0 N–H and O–H groups in total. The highest BCUT2D eigenvalue weighted by atomic mass is 35.5. The second kappa shape index (κ2) is 8.67. The molecule has 2 saturated heterocycles. The van der Waals surface area contributed by atoms with E-state index in [2.05, 4.69) is 0 Å². The lowest BCUT2D eigenvalue weighted by molar-refractivity contribution is -0.139. The molecule has 7 nitrogen and oxygen atoms in total. The van der Waals surface area contributed by atoms with Gasteiger partial charge in [-0.15, -0.1) is 0 Å². The van der Waals surface area contributed by atoms with E-state index in [4.69, 9.17) is 20.8 Å². The summed E-state index contributed by atoms with van der Waals surface area (Å²) in [6.45, 7) is 3.49. The molecular formula is C21H19ClN2O5S. The zero-order chi connectivity index (χ0) is 21.3. The van der Waals surface area contributed by atoms with Gasteiger partial charge in [0.25, 0.3) is 11.1 Å². The first kappa shape index (κ1) is 20.7. The number of amides is 3. The Morgan fingerprint density at radius 1 is 1.20 bits per heavy atom. The molecule has 156 valence electrons. The van der Waals surface area contributed by atoms with E-state index in [-0.39, 0.29) is 17.4 Å². The number of ether oxygens (including phenoxy) is 1. The SMILES string of the molecule is Cc1ccc(-c2ccc(/C=C3\SC(=O)N(CC(=O)N4CCOCC4)C3=O)o2)cc1Cl. The number of carbonyl (C=O) groups excluding carboxylic acids is 3. The molecule has 2 aliphatic rings. The summed E-state index contributed by atoms with van der Waals surface area (Å²) in [4.78, 5) is 40.1. The fraction of sp³-hybridized carbons (Fsp3) is 0.286. The van der Waals surface area contributed by atoms with Gasteiger partial charge in [0.2, 0.25) is 5.91 Å². The van der Waals surface area contributed by atoms with Gasteiger partial charge in [-0.25, -0.2) is 0 Å². The molecule has 3 amide bonds. The highest BCUT2D eigenvalue weighted by molar-refractivity contribution is 8.18. The molecule has 2 aliphatic heterocycles. The molecule has 0 atom stereocenters. The molecule has 0 spiro atoms. The highest BCUT2D eigenvalue weighted by Crippen LogP contribution is 2.34. The minimum Gasteiger partial charge on any atom is -0.457 e. The summed E-state index contributed by atoms with van der Waals surface area (Å²) in [7, 11) is 0. The number of hydrogen-bond acceptors (Lipinski definition) is 6. The molecular weight excluding hydrogens is 428 g/mol. The number of morpholine rings is 1. The maximum absolute atomic E-state index is 12.7. The standard InChI is InChI=1S/C21H19ClN2O5S/c1-13-2-3-14(10-16(13)22)17-5-4-15(29-17)11-18-20(26)24(21(27)30-18)12-19(25)23-6-8-28-9-7-23/h2-5,10-11H,6-9,12H2,1H3/b18-11-. The van der Waals surface area contributed by atoms with Crippen molar-refractivity contribution in [3.63, 3.8) is 0 Å². The molecule has 30 heavy (non-hydrogen) atoms. The molecule has 0 aliphatic carbocycles. The number of halogens is 1. The van der Waals surface area contributed by atoms with Gasteiger partial charge in [-0.1, -0.05) is 23.7 Å². The summed E-state index contributed by atoms with van der Waals surface area (Å²) in [5.74, 6) is 0.276. The Kier molecular flexibility index (Phi) is 5.99. The van der Waals surface area contributed by atoms with Crippen LogP contribution in [0.2, 0.25) is 5.02 Å². The van der Waals surface area contributed by atoms with E-state index in [9.17, 15) is 14.4 Å². The number of rotatable bonds is 4. The van der Waals surface area contributed by atoms with Gasteiger partial charge in [-0.3, -0.25) is 19.3 Å². The molecule has 3 heterocycles. The van der Waals surface area contributed by atoms with E-state index in [1.807, 2.05) is 25.1 Å². The van der Waals surface area contributed by atoms with Crippen molar-refractivity contribution in [3.05, 3.63) is 51.6 Å². The number of furan rings is 1. The van der Waals surface area contributed by atoms with Crippen LogP contribution in [0.25, 0.3) is 17.4 Å². The molecule has 0 bridgehead atoms. The molecule has 0 radical (unpaired) electrons. The first-order chi connectivity index (χ1) is 14.4. The van der Waals surface area contributed by atoms with E-state index < -0.39 is 11.1 Å². The van der Waals surface area contributed by atoms with Crippen molar-refractivity contribution in [1.29, 1.82) is 0 Å². The third-order valence-corrected chi connectivity index (χ3v) is 6.20. The van der Waals surface area contributed by atoms with Crippen molar-refractivity contribution in [3.8, 4) is 11.3 Å². The minimum absolute atomic E-state index is 0.220. The Bertz CT molecular complexity index is 1040. The fourth-order valence-electron chi connectivity index (χ4n) is 3.15. The number of thioether (sulfide) groups is 1.